The molecule has 1 aliphatic heterocycles. The number of anilines is 2. The number of amides is 1. The van der Waals surface area contributed by atoms with Crippen LogP contribution in [0.5, 0.6) is 5.75 Å². The number of nitrogens with zero attached hydrogens (tertiary/aromatic N) is 4. The number of carbonyl (C=O) groups is 1. The Labute approximate surface area is 161 Å². The zero-order valence-corrected chi connectivity index (χ0v) is 15.6. The summed E-state index contributed by atoms with van der Waals surface area (Å²) in [5, 5.41) is 19.1. The molecular weight excluding hydrogens is 366 g/mol. The van der Waals surface area contributed by atoms with Gasteiger partial charge in [-0.25, -0.2) is 0 Å². The van der Waals surface area contributed by atoms with E-state index in [1.807, 2.05) is 36.1 Å². The summed E-state index contributed by atoms with van der Waals surface area (Å²) in [5.41, 5.74) is 0.133. The monoisotopic (exact) mass is 389 g/mol. The van der Waals surface area contributed by atoms with Crippen molar-refractivity contribution in [3.8, 4) is 5.75 Å². The minimum atomic E-state index is -0.597. The average molecular weight is 389 g/mol. The second kappa shape index (κ2) is 9.29. The first-order chi connectivity index (χ1) is 13.7. The third-order valence-electron chi connectivity index (χ3n) is 4.16. The van der Waals surface area contributed by atoms with Crippen molar-refractivity contribution < 1.29 is 19.4 Å². The van der Waals surface area contributed by atoms with Gasteiger partial charge < -0.3 is 24.8 Å². The van der Waals surface area contributed by atoms with Crippen LogP contribution in [0.15, 0.2) is 29.1 Å². The van der Waals surface area contributed by atoms with E-state index in [-0.39, 0.29) is 32.1 Å². The van der Waals surface area contributed by atoms with Crippen LogP contribution in [0.3, 0.4) is 0 Å². The van der Waals surface area contributed by atoms with E-state index in [9.17, 15) is 9.59 Å². The number of carbonyl (C=O) groups excluding carboxylic acids is 1. The highest BCUT2D eigenvalue weighted by atomic mass is 16.5. The average Bonchev–Trinajstić information content (AvgIpc) is 3.14. The molecule has 0 radical (unpaired) electrons. The molecule has 10 heteroatoms. The van der Waals surface area contributed by atoms with Gasteiger partial charge in [0.25, 0.3) is 11.5 Å². The summed E-state index contributed by atoms with van der Waals surface area (Å²) in [7, 11) is 0. The zero-order valence-electron chi connectivity index (χ0n) is 15.6. The van der Waals surface area contributed by atoms with Gasteiger partial charge in [0.15, 0.2) is 0 Å². The number of ether oxygens (including phenoxy) is 2. The van der Waals surface area contributed by atoms with Gasteiger partial charge in [-0.2, -0.15) is 0 Å². The van der Waals surface area contributed by atoms with Crippen molar-refractivity contribution in [2.45, 2.75) is 13.5 Å². The SMILES string of the molecule is CCOc1ccc(N2CCn3c2nnc(C(=O)NCCOCCO)c3=O)cc1. The molecule has 3 rings (SSSR count). The van der Waals surface area contributed by atoms with Gasteiger partial charge in [0.05, 0.1) is 26.4 Å². The largest absolute Gasteiger partial charge is 0.494 e. The van der Waals surface area contributed by atoms with E-state index in [0.717, 1.165) is 11.4 Å². The van der Waals surface area contributed by atoms with E-state index in [1.54, 1.807) is 0 Å². The van der Waals surface area contributed by atoms with E-state index in [1.165, 1.54) is 4.57 Å². The van der Waals surface area contributed by atoms with Gasteiger partial charge in [-0.15, -0.1) is 10.2 Å². The van der Waals surface area contributed by atoms with E-state index in [2.05, 4.69) is 15.5 Å². The number of nitrogens with one attached hydrogen (secondary N) is 1. The normalized spacial score (nSPS) is 12.7. The topological polar surface area (TPSA) is 119 Å². The van der Waals surface area contributed by atoms with Crippen LogP contribution in [-0.4, -0.2) is 65.3 Å². The van der Waals surface area contributed by atoms with Gasteiger partial charge in [-0.1, -0.05) is 0 Å². The van der Waals surface area contributed by atoms with Crippen LogP contribution < -0.4 is 20.5 Å². The lowest BCUT2D eigenvalue weighted by atomic mass is 10.3. The van der Waals surface area contributed by atoms with Gasteiger partial charge in [0, 0.05) is 25.3 Å². The molecule has 150 valence electrons. The molecule has 1 aromatic carbocycles. The fourth-order valence-electron chi connectivity index (χ4n) is 2.87. The van der Waals surface area contributed by atoms with Crippen molar-refractivity contribution in [2.24, 2.45) is 0 Å². The first kappa shape index (κ1) is 19.8. The van der Waals surface area contributed by atoms with Gasteiger partial charge in [-0.3, -0.25) is 14.2 Å². The Bertz CT molecular complexity index is 868. The van der Waals surface area contributed by atoms with Crippen LogP contribution in [0, 0.1) is 0 Å². The van der Waals surface area contributed by atoms with Crippen LogP contribution in [0.1, 0.15) is 17.4 Å². The number of hydrogen-bond donors (Lipinski definition) is 2. The molecule has 2 N–H and O–H groups in total. The fraction of sp³-hybridized carbons (Fsp3) is 0.444. The fourth-order valence-corrected chi connectivity index (χ4v) is 2.87. The first-order valence-electron chi connectivity index (χ1n) is 9.10. The lowest BCUT2D eigenvalue weighted by Crippen LogP contribution is -2.36. The molecule has 0 bridgehead atoms. The summed E-state index contributed by atoms with van der Waals surface area (Å²) in [6, 6.07) is 7.49. The maximum Gasteiger partial charge on any atom is 0.286 e. The maximum absolute atomic E-state index is 12.6. The van der Waals surface area contributed by atoms with E-state index < -0.39 is 11.5 Å². The summed E-state index contributed by atoms with van der Waals surface area (Å²) < 4.78 is 11.9. The van der Waals surface area contributed by atoms with Crippen LogP contribution >= 0.6 is 0 Å². The third kappa shape index (κ3) is 4.29. The lowest BCUT2D eigenvalue weighted by Gasteiger charge is -2.17. The Kier molecular flexibility index (Phi) is 6.56. The second-order valence-corrected chi connectivity index (χ2v) is 5.98. The van der Waals surface area contributed by atoms with Crippen molar-refractivity contribution in [2.75, 3.05) is 44.4 Å². The molecule has 2 aromatic rings. The maximum atomic E-state index is 12.6. The summed E-state index contributed by atoms with van der Waals surface area (Å²) in [4.78, 5) is 26.7. The summed E-state index contributed by atoms with van der Waals surface area (Å²) >= 11 is 0. The van der Waals surface area contributed by atoms with Gasteiger partial charge in [0.2, 0.25) is 11.6 Å². The predicted molar refractivity (Wildman–Crippen MR) is 101 cm³/mol. The highest BCUT2D eigenvalue weighted by Crippen LogP contribution is 2.28. The number of fused-ring (bicyclic) bond motifs is 1. The highest BCUT2D eigenvalue weighted by Gasteiger charge is 2.27. The number of aliphatic hydroxyl groups excluding tert-OH is 1. The molecule has 0 unspecified atom stereocenters. The Morgan fingerprint density at radius 3 is 2.71 bits per heavy atom. The Balaban J connectivity index is 1.71. The van der Waals surface area contributed by atoms with Crippen molar-refractivity contribution in [3.63, 3.8) is 0 Å². The molecule has 1 aliphatic rings. The predicted octanol–water partition coefficient (Wildman–Crippen LogP) is -0.0726. The summed E-state index contributed by atoms with van der Waals surface area (Å²) in [6.45, 7) is 4.02. The van der Waals surface area contributed by atoms with Crippen LogP contribution in [0.25, 0.3) is 0 Å². The standard InChI is InChI=1S/C18H23N5O5/c1-2-28-14-5-3-13(4-6-14)22-8-9-23-17(26)15(20-21-18(22)23)16(25)19-7-11-27-12-10-24/h3-6,24H,2,7-12H2,1H3,(H,19,25). The van der Waals surface area contributed by atoms with Crippen LogP contribution in [0.2, 0.25) is 0 Å². The minimum Gasteiger partial charge on any atom is -0.494 e. The molecular formula is C18H23N5O5. The highest BCUT2D eigenvalue weighted by molar-refractivity contribution is 5.91. The van der Waals surface area contributed by atoms with Gasteiger partial charge in [-0.05, 0) is 31.2 Å². The Hall–Kier alpha value is -2.98. The molecule has 0 spiro atoms. The quantitative estimate of drug-likeness (QED) is 0.572. The molecule has 28 heavy (non-hydrogen) atoms. The minimum absolute atomic E-state index is 0.0869. The molecule has 1 aromatic heterocycles. The zero-order chi connectivity index (χ0) is 19.9. The van der Waals surface area contributed by atoms with Crippen molar-refractivity contribution in [1.82, 2.24) is 20.1 Å². The number of hydrogen-bond acceptors (Lipinski definition) is 8. The molecule has 0 aliphatic carbocycles. The summed E-state index contributed by atoms with van der Waals surface area (Å²) in [6.07, 6.45) is 0. The molecule has 1 amide bonds. The molecule has 0 fully saturated rings. The molecule has 0 atom stereocenters. The molecule has 0 saturated heterocycles. The van der Waals surface area contributed by atoms with E-state index in [4.69, 9.17) is 14.6 Å². The summed E-state index contributed by atoms with van der Waals surface area (Å²) in [5.74, 6) is 0.570. The number of rotatable bonds is 9. The molecule has 10 nitrogen and oxygen atoms in total. The lowest BCUT2D eigenvalue weighted by molar-refractivity contribution is 0.0833. The Morgan fingerprint density at radius 1 is 1.21 bits per heavy atom. The molecule has 0 saturated carbocycles. The number of benzene rings is 1. The van der Waals surface area contributed by atoms with Crippen molar-refractivity contribution >= 4 is 17.5 Å². The van der Waals surface area contributed by atoms with Gasteiger partial charge >= 0.3 is 0 Å². The van der Waals surface area contributed by atoms with E-state index in [0.29, 0.717) is 25.6 Å². The first-order valence-corrected chi connectivity index (χ1v) is 9.10. The smallest absolute Gasteiger partial charge is 0.286 e. The molecule has 2 heterocycles. The number of aliphatic hydroxyl groups is 1. The van der Waals surface area contributed by atoms with E-state index >= 15 is 0 Å². The second-order valence-electron chi connectivity index (χ2n) is 5.98. The van der Waals surface area contributed by atoms with Crippen molar-refractivity contribution in [3.05, 3.63) is 40.3 Å². The van der Waals surface area contributed by atoms with Crippen LogP contribution in [-0.2, 0) is 11.3 Å². The van der Waals surface area contributed by atoms with Crippen LogP contribution in [0.4, 0.5) is 11.6 Å². The van der Waals surface area contributed by atoms with Crippen molar-refractivity contribution in [1.29, 1.82) is 0 Å². The Morgan fingerprint density at radius 2 is 2.00 bits per heavy atom. The number of aromatic nitrogens is 3. The third-order valence-corrected chi connectivity index (χ3v) is 4.16. The van der Waals surface area contributed by atoms with Gasteiger partial charge in [0.1, 0.15) is 5.75 Å².